The van der Waals surface area contributed by atoms with Gasteiger partial charge < -0.3 is 5.11 Å². The monoisotopic (exact) mass is 291 g/mol. The molecule has 1 amide bonds. The summed E-state index contributed by atoms with van der Waals surface area (Å²) in [6, 6.07) is 17.6. The van der Waals surface area contributed by atoms with Gasteiger partial charge in [-0.3, -0.25) is 4.79 Å². The number of benzene rings is 2. The molecule has 0 fully saturated rings. The van der Waals surface area contributed by atoms with E-state index in [1.165, 1.54) is 6.21 Å². The molecule has 0 saturated carbocycles. The van der Waals surface area contributed by atoms with Crippen molar-refractivity contribution >= 4 is 23.0 Å². The van der Waals surface area contributed by atoms with E-state index in [-0.39, 0.29) is 11.7 Å². The molecule has 0 saturated heterocycles. The van der Waals surface area contributed by atoms with E-state index in [0.29, 0.717) is 5.69 Å². The van der Waals surface area contributed by atoms with Gasteiger partial charge in [0.15, 0.2) is 0 Å². The number of phenols is 1. The van der Waals surface area contributed by atoms with Crippen LogP contribution in [0, 0.1) is 0 Å². The first kappa shape index (κ1) is 13.8. The first-order chi connectivity index (χ1) is 10.7. The molecule has 22 heavy (non-hydrogen) atoms. The second kappa shape index (κ2) is 6.05. The van der Waals surface area contributed by atoms with Crippen LogP contribution in [0.5, 0.6) is 5.75 Å². The smallest absolute Gasteiger partial charge is 0.289 e. The van der Waals surface area contributed by atoms with E-state index in [1.807, 2.05) is 30.3 Å². The molecule has 0 unspecified atom stereocenters. The van der Waals surface area contributed by atoms with Crippen molar-refractivity contribution in [1.82, 2.24) is 10.4 Å². The van der Waals surface area contributed by atoms with E-state index in [2.05, 4.69) is 15.5 Å². The SMILES string of the molecule is O=C(N/N=C\c1ccc(O)cc1)c1ccc2ccccc2n1. The molecule has 1 aromatic heterocycles. The summed E-state index contributed by atoms with van der Waals surface area (Å²) in [5.74, 6) is -0.192. The summed E-state index contributed by atoms with van der Waals surface area (Å²) in [6.45, 7) is 0. The Hall–Kier alpha value is -3.21. The average Bonchev–Trinajstić information content (AvgIpc) is 2.56. The molecule has 5 heteroatoms. The van der Waals surface area contributed by atoms with Gasteiger partial charge in [-0.15, -0.1) is 0 Å². The molecule has 0 atom stereocenters. The van der Waals surface area contributed by atoms with E-state index in [0.717, 1.165) is 16.5 Å². The van der Waals surface area contributed by atoms with Gasteiger partial charge in [0.25, 0.3) is 5.91 Å². The van der Waals surface area contributed by atoms with Crippen LogP contribution in [0.3, 0.4) is 0 Å². The van der Waals surface area contributed by atoms with Crippen LogP contribution in [0.25, 0.3) is 10.9 Å². The minimum absolute atomic E-state index is 0.182. The summed E-state index contributed by atoms with van der Waals surface area (Å²) in [6.07, 6.45) is 1.50. The molecule has 108 valence electrons. The predicted molar refractivity (Wildman–Crippen MR) is 84.9 cm³/mol. The first-order valence-corrected chi connectivity index (χ1v) is 6.70. The minimum atomic E-state index is -0.374. The Bertz CT molecular complexity index is 842. The van der Waals surface area contributed by atoms with E-state index >= 15 is 0 Å². The molecule has 3 rings (SSSR count). The van der Waals surface area contributed by atoms with Crippen molar-refractivity contribution in [1.29, 1.82) is 0 Å². The molecule has 2 N–H and O–H groups in total. The Morgan fingerprint density at radius 2 is 1.82 bits per heavy atom. The molecule has 1 heterocycles. The Kier molecular flexibility index (Phi) is 3.78. The van der Waals surface area contributed by atoms with Crippen LogP contribution in [-0.2, 0) is 0 Å². The van der Waals surface area contributed by atoms with Gasteiger partial charge in [0.05, 0.1) is 11.7 Å². The second-order valence-electron chi connectivity index (χ2n) is 4.68. The molecule has 0 bridgehead atoms. The number of nitrogens with zero attached hydrogens (tertiary/aromatic N) is 2. The van der Waals surface area contributed by atoms with E-state index in [4.69, 9.17) is 0 Å². The van der Waals surface area contributed by atoms with Crippen LogP contribution in [0.2, 0.25) is 0 Å². The van der Waals surface area contributed by atoms with Crippen molar-refractivity contribution in [3.8, 4) is 5.75 Å². The minimum Gasteiger partial charge on any atom is -0.508 e. The molecule has 0 aliphatic heterocycles. The van der Waals surface area contributed by atoms with Gasteiger partial charge >= 0.3 is 0 Å². The number of aromatic hydroxyl groups is 1. The van der Waals surface area contributed by atoms with Crippen LogP contribution in [0.4, 0.5) is 0 Å². The van der Waals surface area contributed by atoms with E-state index in [9.17, 15) is 9.90 Å². The van der Waals surface area contributed by atoms with Gasteiger partial charge in [0, 0.05) is 5.39 Å². The van der Waals surface area contributed by atoms with Gasteiger partial charge in [0.2, 0.25) is 0 Å². The Balaban J connectivity index is 1.71. The van der Waals surface area contributed by atoms with Crippen LogP contribution in [0.1, 0.15) is 16.1 Å². The number of amides is 1. The summed E-state index contributed by atoms with van der Waals surface area (Å²) < 4.78 is 0. The fraction of sp³-hybridized carbons (Fsp3) is 0. The molecule has 3 aromatic rings. The number of hydrogen-bond donors (Lipinski definition) is 2. The van der Waals surface area contributed by atoms with Gasteiger partial charge in [-0.25, -0.2) is 10.4 Å². The third-order valence-corrected chi connectivity index (χ3v) is 3.10. The average molecular weight is 291 g/mol. The van der Waals surface area contributed by atoms with Crippen molar-refractivity contribution < 1.29 is 9.90 Å². The summed E-state index contributed by atoms with van der Waals surface area (Å²) in [5.41, 5.74) is 4.27. The number of aromatic nitrogens is 1. The molecule has 2 aromatic carbocycles. The molecule has 0 spiro atoms. The molecular weight excluding hydrogens is 278 g/mol. The lowest BCUT2D eigenvalue weighted by Crippen LogP contribution is -2.18. The number of carbonyl (C=O) groups excluding carboxylic acids is 1. The topological polar surface area (TPSA) is 74.6 Å². The van der Waals surface area contributed by atoms with Crippen LogP contribution in [0.15, 0.2) is 65.8 Å². The fourth-order valence-electron chi connectivity index (χ4n) is 1.98. The highest BCUT2D eigenvalue weighted by molar-refractivity contribution is 5.95. The standard InChI is InChI=1S/C17H13N3O2/c21-14-8-5-12(6-9-14)11-18-20-17(22)16-10-7-13-3-1-2-4-15(13)19-16/h1-11,21H,(H,20,22)/b18-11-. The zero-order chi connectivity index (χ0) is 15.4. The molecule has 5 nitrogen and oxygen atoms in total. The molecular formula is C17H13N3O2. The van der Waals surface area contributed by atoms with E-state index < -0.39 is 0 Å². The number of phenolic OH excluding ortho intramolecular Hbond substituents is 1. The zero-order valence-corrected chi connectivity index (χ0v) is 11.6. The molecule has 0 aliphatic carbocycles. The maximum Gasteiger partial charge on any atom is 0.289 e. The Labute approximate surface area is 126 Å². The molecule has 0 aliphatic rings. The number of nitrogens with one attached hydrogen (secondary N) is 1. The lowest BCUT2D eigenvalue weighted by atomic mass is 10.2. The largest absolute Gasteiger partial charge is 0.508 e. The van der Waals surface area contributed by atoms with Crippen LogP contribution < -0.4 is 5.43 Å². The normalized spacial score (nSPS) is 10.9. The van der Waals surface area contributed by atoms with Crippen molar-refractivity contribution in [3.63, 3.8) is 0 Å². The number of fused-ring (bicyclic) bond motifs is 1. The summed E-state index contributed by atoms with van der Waals surface area (Å²) in [5, 5.41) is 14.0. The zero-order valence-electron chi connectivity index (χ0n) is 11.6. The highest BCUT2D eigenvalue weighted by Gasteiger charge is 2.06. The maximum absolute atomic E-state index is 12.0. The van der Waals surface area contributed by atoms with Crippen LogP contribution >= 0.6 is 0 Å². The van der Waals surface area contributed by atoms with Gasteiger partial charge in [-0.2, -0.15) is 5.10 Å². The lowest BCUT2D eigenvalue weighted by Gasteiger charge is -2.01. The highest BCUT2D eigenvalue weighted by Crippen LogP contribution is 2.11. The second-order valence-corrected chi connectivity index (χ2v) is 4.68. The van der Waals surface area contributed by atoms with Crippen molar-refractivity contribution in [2.45, 2.75) is 0 Å². The van der Waals surface area contributed by atoms with Gasteiger partial charge in [-0.05, 0) is 42.0 Å². The fourth-order valence-corrected chi connectivity index (χ4v) is 1.98. The predicted octanol–water partition coefficient (Wildman–Crippen LogP) is 2.70. The maximum atomic E-state index is 12.0. The highest BCUT2D eigenvalue weighted by atomic mass is 16.3. The number of rotatable bonds is 3. The number of pyridine rings is 1. The number of hydrazone groups is 1. The van der Waals surface area contributed by atoms with Gasteiger partial charge in [-0.1, -0.05) is 24.3 Å². The van der Waals surface area contributed by atoms with Gasteiger partial charge in [0.1, 0.15) is 11.4 Å². The first-order valence-electron chi connectivity index (χ1n) is 6.70. The Morgan fingerprint density at radius 1 is 1.05 bits per heavy atom. The third kappa shape index (κ3) is 3.09. The van der Waals surface area contributed by atoms with Crippen molar-refractivity contribution in [3.05, 3.63) is 71.9 Å². The number of para-hydroxylation sites is 1. The van der Waals surface area contributed by atoms with Crippen molar-refractivity contribution in [2.75, 3.05) is 0 Å². The lowest BCUT2D eigenvalue weighted by molar-refractivity contribution is 0.0950. The number of carbonyl (C=O) groups is 1. The summed E-state index contributed by atoms with van der Waals surface area (Å²) in [7, 11) is 0. The molecule has 0 radical (unpaired) electrons. The number of hydrogen-bond acceptors (Lipinski definition) is 4. The quantitative estimate of drug-likeness (QED) is 0.575. The summed E-state index contributed by atoms with van der Waals surface area (Å²) >= 11 is 0. The summed E-state index contributed by atoms with van der Waals surface area (Å²) in [4.78, 5) is 16.3. The Morgan fingerprint density at radius 3 is 2.64 bits per heavy atom. The van der Waals surface area contributed by atoms with Crippen molar-refractivity contribution in [2.24, 2.45) is 5.10 Å². The van der Waals surface area contributed by atoms with E-state index in [1.54, 1.807) is 30.3 Å². The third-order valence-electron chi connectivity index (χ3n) is 3.10. The van der Waals surface area contributed by atoms with Crippen LogP contribution in [-0.4, -0.2) is 22.2 Å².